The maximum Gasteiger partial charge on any atom is 0.188 e. The van der Waals surface area contributed by atoms with Gasteiger partial charge in [0.15, 0.2) is 5.90 Å². The second kappa shape index (κ2) is 5.74. The maximum absolute atomic E-state index is 6.07. The van der Waals surface area contributed by atoms with Gasteiger partial charge in [-0.3, -0.25) is 4.99 Å². The summed E-state index contributed by atoms with van der Waals surface area (Å²) in [6.45, 7) is 5.14. The molecular weight excluding hydrogens is 236 g/mol. The molecule has 1 fully saturated rings. The fourth-order valence-corrected chi connectivity index (χ4v) is 2.92. The number of aliphatic imine (C=N–C) groups is 1. The zero-order valence-corrected chi connectivity index (χ0v) is 11.6. The fraction of sp³-hybridized carbons (Fsp3) is 0.562. The van der Waals surface area contributed by atoms with Crippen molar-refractivity contribution in [3.8, 4) is 0 Å². The molecule has 0 aromatic heterocycles. The van der Waals surface area contributed by atoms with Crippen molar-refractivity contribution in [2.45, 2.75) is 32.3 Å². The summed E-state index contributed by atoms with van der Waals surface area (Å²) in [7, 11) is 0. The minimum absolute atomic E-state index is 0.234. The van der Waals surface area contributed by atoms with Gasteiger partial charge in [-0.15, -0.1) is 0 Å². The van der Waals surface area contributed by atoms with E-state index >= 15 is 0 Å². The molecule has 2 heterocycles. The summed E-state index contributed by atoms with van der Waals surface area (Å²) in [6.07, 6.45) is 3.65. The van der Waals surface area contributed by atoms with E-state index in [9.17, 15) is 0 Å². The summed E-state index contributed by atoms with van der Waals surface area (Å²) >= 11 is 0. The predicted molar refractivity (Wildman–Crippen MR) is 77.7 cm³/mol. The van der Waals surface area contributed by atoms with Crippen LogP contribution in [0.25, 0.3) is 0 Å². The molecule has 3 heteroatoms. The maximum atomic E-state index is 6.07. The third-order valence-electron chi connectivity index (χ3n) is 4.09. The lowest BCUT2D eigenvalue weighted by molar-refractivity contribution is 0.205. The highest BCUT2D eigenvalue weighted by atomic mass is 16.5. The van der Waals surface area contributed by atoms with Gasteiger partial charge in [-0.1, -0.05) is 24.3 Å². The number of nitrogens with one attached hydrogen (secondary N) is 1. The summed E-state index contributed by atoms with van der Waals surface area (Å²) in [5.41, 5.74) is 2.73. The second-order valence-corrected chi connectivity index (χ2v) is 5.59. The van der Waals surface area contributed by atoms with Crippen molar-refractivity contribution >= 4 is 5.90 Å². The molecule has 0 spiro atoms. The average molecular weight is 258 g/mol. The Kier molecular flexibility index (Phi) is 3.83. The van der Waals surface area contributed by atoms with Crippen molar-refractivity contribution < 1.29 is 4.74 Å². The number of ether oxygens (including phenoxy) is 1. The minimum Gasteiger partial charge on any atom is -0.475 e. The van der Waals surface area contributed by atoms with E-state index in [2.05, 4.69) is 41.5 Å². The van der Waals surface area contributed by atoms with Crippen LogP contribution >= 0.6 is 0 Å². The molecule has 1 saturated heterocycles. The highest BCUT2D eigenvalue weighted by Crippen LogP contribution is 2.21. The Morgan fingerprint density at radius 1 is 1.37 bits per heavy atom. The van der Waals surface area contributed by atoms with Gasteiger partial charge < -0.3 is 10.1 Å². The van der Waals surface area contributed by atoms with Crippen LogP contribution in [0.1, 0.15) is 24.0 Å². The molecule has 2 aliphatic heterocycles. The molecule has 1 aromatic carbocycles. The molecule has 102 valence electrons. The molecule has 3 nitrogen and oxygen atoms in total. The number of rotatable bonds is 3. The van der Waals surface area contributed by atoms with E-state index < -0.39 is 0 Å². The van der Waals surface area contributed by atoms with Crippen LogP contribution in [-0.2, 0) is 11.2 Å². The lowest BCUT2D eigenvalue weighted by Gasteiger charge is -2.23. The van der Waals surface area contributed by atoms with Gasteiger partial charge in [-0.25, -0.2) is 0 Å². The Balaban J connectivity index is 1.57. The first-order valence-corrected chi connectivity index (χ1v) is 7.29. The smallest absolute Gasteiger partial charge is 0.188 e. The predicted octanol–water partition coefficient (Wildman–Crippen LogP) is 2.33. The van der Waals surface area contributed by atoms with Crippen LogP contribution in [0.2, 0.25) is 0 Å². The third kappa shape index (κ3) is 2.98. The number of hydrogen-bond acceptors (Lipinski definition) is 3. The van der Waals surface area contributed by atoms with Crippen molar-refractivity contribution in [1.29, 1.82) is 0 Å². The van der Waals surface area contributed by atoms with Crippen LogP contribution in [-0.4, -0.2) is 31.6 Å². The minimum atomic E-state index is 0.234. The number of aryl methyl sites for hydroxylation is 1. The van der Waals surface area contributed by atoms with Gasteiger partial charge in [0, 0.05) is 18.9 Å². The monoisotopic (exact) mass is 258 g/mol. The molecule has 1 aromatic rings. The van der Waals surface area contributed by atoms with Crippen molar-refractivity contribution in [3.63, 3.8) is 0 Å². The zero-order valence-electron chi connectivity index (χ0n) is 11.6. The number of hydrogen-bond donors (Lipinski definition) is 1. The molecule has 2 atom stereocenters. The van der Waals surface area contributed by atoms with Crippen LogP contribution in [0.4, 0.5) is 0 Å². The van der Waals surface area contributed by atoms with Crippen LogP contribution in [0, 0.1) is 12.8 Å². The van der Waals surface area contributed by atoms with Crippen molar-refractivity contribution in [3.05, 3.63) is 35.4 Å². The molecule has 0 saturated carbocycles. The zero-order chi connectivity index (χ0) is 13.1. The summed E-state index contributed by atoms with van der Waals surface area (Å²) in [5, 5.41) is 3.42. The van der Waals surface area contributed by atoms with Crippen LogP contribution in [0.3, 0.4) is 0 Å². The van der Waals surface area contributed by atoms with E-state index in [1.54, 1.807) is 0 Å². The van der Waals surface area contributed by atoms with E-state index in [0.29, 0.717) is 5.92 Å². The third-order valence-corrected chi connectivity index (χ3v) is 4.09. The van der Waals surface area contributed by atoms with E-state index in [-0.39, 0.29) is 6.10 Å². The first kappa shape index (κ1) is 12.7. The molecule has 0 amide bonds. The summed E-state index contributed by atoms with van der Waals surface area (Å²) in [4.78, 5) is 4.62. The first-order chi connectivity index (χ1) is 9.33. The van der Waals surface area contributed by atoms with E-state index in [1.807, 2.05) is 0 Å². The first-order valence-electron chi connectivity index (χ1n) is 7.29. The topological polar surface area (TPSA) is 33.6 Å². The van der Waals surface area contributed by atoms with Gasteiger partial charge in [0.25, 0.3) is 0 Å². The highest BCUT2D eigenvalue weighted by molar-refractivity contribution is 5.80. The Hall–Kier alpha value is -1.35. The molecular formula is C16H22N2O. The summed E-state index contributed by atoms with van der Waals surface area (Å²) < 4.78 is 6.07. The molecule has 3 rings (SSSR count). The molecule has 2 unspecified atom stereocenters. The molecule has 2 aliphatic rings. The standard InChI is InChI=1S/C16H22N2O/c1-12-5-2-3-6-13(12)9-15-11-18-16(19-15)14-7-4-8-17-10-14/h2-3,5-6,14-15,17H,4,7-11H2,1H3. The van der Waals surface area contributed by atoms with Gasteiger partial charge in [0.2, 0.25) is 0 Å². The average Bonchev–Trinajstić information content (AvgIpc) is 2.91. The van der Waals surface area contributed by atoms with E-state index in [0.717, 1.165) is 32.0 Å². The quantitative estimate of drug-likeness (QED) is 0.903. The van der Waals surface area contributed by atoms with E-state index in [1.165, 1.54) is 24.0 Å². The SMILES string of the molecule is Cc1ccccc1CC1CN=C(C2CCCNC2)O1. The fourth-order valence-electron chi connectivity index (χ4n) is 2.92. The van der Waals surface area contributed by atoms with Crippen LogP contribution < -0.4 is 5.32 Å². The second-order valence-electron chi connectivity index (χ2n) is 5.59. The van der Waals surface area contributed by atoms with Crippen molar-refractivity contribution in [1.82, 2.24) is 5.32 Å². The van der Waals surface area contributed by atoms with Gasteiger partial charge >= 0.3 is 0 Å². The van der Waals surface area contributed by atoms with Crippen molar-refractivity contribution in [2.24, 2.45) is 10.9 Å². The van der Waals surface area contributed by atoms with Gasteiger partial charge in [0.1, 0.15) is 6.10 Å². The Bertz CT molecular complexity index is 464. The molecule has 1 N–H and O–H groups in total. The number of benzene rings is 1. The highest BCUT2D eigenvalue weighted by Gasteiger charge is 2.27. The largest absolute Gasteiger partial charge is 0.475 e. The number of nitrogens with zero attached hydrogens (tertiary/aromatic N) is 1. The Morgan fingerprint density at radius 3 is 3.05 bits per heavy atom. The summed E-state index contributed by atoms with van der Waals surface area (Å²) in [5.74, 6) is 1.49. The molecule has 0 bridgehead atoms. The summed E-state index contributed by atoms with van der Waals surface area (Å²) in [6, 6.07) is 8.55. The molecule has 0 radical (unpaired) electrons. The molecule has 19 heavy (non-hydrogen) atoms. The lowest BCUT2D eigenvalue weighted by Crippen LogP contribution is -2.35. The normalized spacial score (nSPS) is 26.9. The molecule has 0 aliphatic carbocycles. The Labute approximate surface area is 115 Å². The number of piperidine rings is 1. The Morgan fingerprint density at radius 2 is 2.26 bits per heavy atom. The van der Waals surface area contributed by atoms with Crippen LogP contribution in [0.15, 0.2) is 29.3 Å². The van der Waals surface area contributed by atoms with Crippen molar-refractivity contribution in [2.75, 3.05) is 19.6 Å². The van der Waals surface area contributed by atoms with Gasteiger partial charge in [-0.05, 0) is 37.4 Å². The van der Waals surface area contributed by atoms with E-state index in [4.69, 9.17) is 4.74 Å². The lowest BCUT2D eigenvalue weighted by atomic mass is 9.99. The van der Waals surface area contributed by atoms with Crippen LogP contribution in [0.5, 0.6) is 0 Å². The van der Waals surface area contributed by atoms with Gasteiger partial charge in [0.05, 0.1) is 6.54 Å². The van der Waals surface area contributed by atoms with Gasteiger partial charge in [-0.2, -0.15) is 0 Å².